The number of hydrogen-bond acceptors (Lipinski definition) is 6. The Labute approximate surface area is 155 Å². The first kappa shape index (κ1) is 18.5. The number of benzene rings is 2. The van der Waals surface area contributed by atoms with Crippen LogP contribution in [0.25, 0.3) is 22.5 Å². The molecule has 27 heavy (non-hydrogen) atoms. The van der Waals surface area contributed by atoms with Crippen LogP contribution in [0.2, 0.25) is 0 Å². The summed E-state index contributed by atoms with van der Waals surface area (Å²) in [5.41, 5.74) is 1.86. The van der Waals surface area contributed by atoms with E-state index in [-0.39, 0.29) is 11.4 Å². The van der Waals surface area contributed by atoms with E-state index >= 15 is 0 Å². The largest absolute Gasteiger partial charge is 0.293 e. The van der Waals surface area contributed by atoms with Crippen LogP contribution in [0.5, 0.6) is 0 Å². The lowest BCUT2D eigenvalue weighted by atomic mass is 10.0. The first-order chi connectivity index (χ1) is 12.8. The Balaban J connectivity index is 2.11. The average molecular weight is 387 g/mol. The number of hydrogen-bond donors (Lipinski definition) is 2. The zero-order valence-corrected chi connectivity index (χ0v) is 15.4. The van der Waals surface area contributed by atoms with E-state index < -0.39 is 20.2 Å². The summed E-state index contributed by atoms with van der Waals surface area (Å²) in [4.78, 5) is 10.7. The molecule has 9 nitrogen and oxygen atoms in total. The molecule has 3 rings (SSSR count). The van der Waals surface area contributed by atoms with Gasteiger partial charge in [-0.2, -0.15) is 15.4 Å². The predicted octanol–water partition coefficient (Wildman–Crippen LogP) is 3.20. The van der Waals surface area contributed by atoms with Gasteiger partial charge < -0.3 is 0 Å². The fourth-order valence-corrected chi connectivity index (χ4v) is 3.13. The summed E-state index contributed by atoms with van der Waals surface area (Å²) in [5.74, 6) is 0. The van der Waals surface area contributed by atoms with Gasteiger partial charge in [-0.15, -0.1) is 0 Å². The van der Waals surface area contributed by atoms with Crippen LogP contribution in [-0.4, -0.2) is 34.0 Å². The Kier molecular flexibility index (Phi) is 4.91. The number of anilines is 1. The van der Waals surface area contributed by atoms with Crippen LogP contribution in [-0.2, 0) is 10.0 Å². The van der Waals surface area contributed by atoms with Crippen LogP contribution < -0.4 is 4.72 Å². The Morgan fingerprint density at radius 2 is 1.67 bits per heavy atom. The van der Waals surface area contributed by atoms with Crippen molar-refractivity contribution >= 4 is 21.4 Å². The van der Waals surface area contributed by atoms with Gasteiger partial charge in [-0.1, -0.05) is 30.3 Å². The summed E-state index contributed by atoms with van der Waals surface area (Å²) in [6.07, 6.45) is 0. The van der Waals surface area contributed by atoms with Gasteiger partial charge in [0.05, 0.1) is 10.2 Å². The second kappa shape index (κ2) is 7.16. The summed E-state index contributed by atoms with van der Waals surface area (Å²) < 4.78 is 26.7. The normalized spacial score (nSPS) is 11.5. The highest BCUT2D eigenvalue weighted by molar-refractivity contribution is 7.93. The van der Waals surface area contributed by atoms with Crippen molar-refractivity contribution in [2.24, 2.45) is 0 Å². The molecule has 2 N–H and O–H groups in total. The van der Waals surface area contributed by atoms with E-state index in [0.717, 1.165) is 5.56 Å². The zero-order chi connectivity index (χ0) is 19.6. The lowest BCUT2D eigenvalue weighted by Crippen LogP contribution is -2.23. The molecule has 0 atom stereocenters. The summed E-state index contributed by atoms with van der Waals surface area (Å²) in [6, 6.07) is 13.4. The standard InChI is InChI=1S/C17H17N5O4S/c1-11(2)27(25,26)20-14-10-13(8-9-15(14)22(23)24)17-16(18-21-19-17)12-6-4-3-5-7-12/h3-11,20H,1-2H3,(H,18,19,21). The van der Waals surface area contributed by atoms with Crippen LogP contribution in [0.4, 0.5) is 11.4 Å². The van der Waals surface area contributed by atoms with E-state index in [1.807, 2.05) is 30.3 Å². The van der Waals surface area contributed by atoms with Crippen LogP contribution in [0, 0.1) is 10.1 Å². The second-order valence-electron chi connectivity index (χ2n) is 6.07. The van der Waals surface area contributed by atoms with Gasteiger partial charge in [0.15, 0.2) is 0 Å². The second-order valence-corrected chi connectivity index (χ2v) is 8.31. The topological polar surface area (TPSA) is 131 Å². The van der Waals surface area contributed by atoms with Crippen molar-refractivity contribution in [1.82, 2.24) is 15.4 Å². The van der Waals surface area contributed by atoms with Crippen molar-refractivity contribution in [2.75, 3.05) is 4.72 Å². The number of nitro groups is 1. The molecular formula is C17H17N5O4S. The number of nitrogens with zero attached hydrogens (tertiary/aromatic N) is 3. The molecule has 1 aromatic heterocycles. The molecule has 0 aliphatic heterocycles. The number of nitrogens with one attached hydrogen (secondary N) is 2. The minimum absolute atomic E-state index is 0.117. The molecule has 0 bridgehead atoms. The molecule has 0 aliphatic rings. The molecule has 0 saturated heterocycles. The van der Waals surface area contributed by atoms with E-state index in [9.17, 15) is 18.5 Å². The van der Waals surface area contributed by atoms with E-state index in [0.29, 0.717) is 17.0 Å². The molecule has 0 unspecified atom stereocenters. The summed E-state index contributed by atoms with van der Waals surface area (Å²) in [7, 11) is -3.75. The van der Waals surface area contributed by atoms with Crippen LogP contribution in [0.15, 0.2) is 48.5 Å². The Morgan fingerprint density at radius 3 is 2.26 bits per heavy atom. The highest BCUT2D eigenvalue weighted by atomic mass is 32.2. The Morgan fingerprint density at radius 1 is 1.04 bits per heavy atom. The van der Waals surface area contributed by atoms with Crippen LogP contribution in [0.3, 0.4) is 0 Å². The number of sulfonamides is 1. The molecule has 0 aliphatic carbocycles. The van der Waals surface area contributed by atoms with Crippen molar-refractivity contribution in [1.29, 1.82) is 0 Å². The number of aromatic nitrogens is 3. The third-order valence-corrected chi connectivity index (χ3v) is 5.68. The molecule has 0 spiro atoms. The molecule has 2 aromatic carbocycles. The highest BCUT2D eigenvalue weighted by Crippen LogP contribution is 2.34. The number of aromatic amines is 1. The molecule has 0 amide bonds. The summed E-state index contributed by atoms with van der Waals surface area (Å²) in [6.45, 7) is 2.98. The first-order valence-corrected chi connectivity index (χ1v) is 9.61. The molecule has 0 saturated carbocycles. The number of H-pyrrole nitrogens is 1. The smallest absolute Gasteiger partial charge is 0.277 e. The zero-order valence-electron chi connectivity index (χ0n) is 14.6. The SMILES string of the molecule is CC(C)S(=O)(=O)Nc1cc(-c2n[nH]nc2-c2ccccc2)ccc1[N+](=O)[O-]. The molecule has 0 fully saturated rings. The molecule has 140 valence electrons. The van der Waals surface area contributed by atoms with Crippen molar-refractivity contribution in [2.45, 2.75) is 19.1 Å². The fourth-order valence-electron chi connectivity index (χ4n) is 2.42. The lowest BCUT2D eigenvalue weighted by Gasteiger charge is -2.12. The number of nitro benzene ring substituents is 1. The molecule has 3 aromatic rings. The van der Waals surface area contributed by atoms with E-state index in [1.165, 1.54) is 32.0 Å². The third kappa shape index (κ3) is 3.80. The van der Waals surface area contributed by atoms with Crippen LogP contribution in [0.1, 0.15) is 13.8 Å². The molecule has 0 radical (unpaired) electrons. The monoisotopic (exact) mass is 387 g/mol. The quantitative estimate of drug-likeness (QED) is 0.493. The van der Waals surface area contributed by atoms with Crippen molar-refractivity contribution in [3.63, 3.8) is 0 Å². The highest BCUT2D eigenvalue weighted by Gasteiger charge is 2.23. The van der Waals surface area contributed by atoms with E-state index in [4.69, 9.17) is 0 Å². The predicted molar refractivity (Wildman–Crippen MR) is 102 cm³/mol. The Bertz CT molecular complexity index is 1080. The van der Waals surface area contributed by atoms with Crippen molar-refractivity contribution in [3.05, 3.63) is 58.6 Å². The molecule has 10 heteroatoms. The van der Waals surface area contributed by atoms with Crippen molar-refractivity contribution < 1.29 is 13.3 Å². The fraction of sp³-hybridized carbons (Fsp3) is 0.176. The van der Waals surface area contributed by atoms with Gasteiger partial charge in [0.1, 0.15) is 17.1 Å². The van der Waals surface area contributed by atoms with Gasteiger partial charge in [0, 0.05) is 17.2 Å². The maximum atomic E-state index is 12.2. The lowest BCUT2D eigenvalue weighted by molar-refractivity contribution is -0.383. The van der Waals surface area contributed by atoms with Crippen molar-refractivity contribution in [3.8, 4) is 22.5 Å². The number of rotatable bonds is 6. The van der Waals surface area contributed by atoms with E-state index in [2.05, 4.69) is 20.1 Å². The summed E-state index contributed by atoms with van der Waals surface area (Å²) >= 11 is 0. The maximum Gasteiger partial charge on any atom is 0.293 e. The van der Waals surface area contributed by atoms with Crippen LogP contribution >= 0.6 is 0 Å². The van der Waals surface area contributed by atoms with Gasteiger partial charge in [-0.25, -0.2) is 8.42 Å². The van der Waals surface area contributed by atoms with Gasteiger partial charge in [0.25, 0.3) is 5.69 Å². The maximum absolute atomic E-state index is 12.2. The molecular weight excluding hydrogens is 370 g/mol. The third-order valence-electron chi connectivity index (χ3n) is 3.93. The Hall–Kier alpha value is -3.27. The van der Waals surface area contributed by atoms with E-state index in [1.54, 1.807) is 0 Å². The van der Waals surface area contributed by atoms with Gasteiger partial charge in [-0.05, 0) is 26.0 Å². The van der Waals surface area contributed by atoms with Gasteiger partial charge in [-0.3, -0.25) is 14.8 Å². The summed E-state index contributed by atoms with van der Waals surface area (Å²) in [5, 5.41) is 21.4. The average Bonchev–Trinajstić information content (AvgIpc) is 3.11. The minimum Gasteiger partial charge on any atom is -0.277 e. The van der Waals surface area contributed by atoms with Gasteiger partial charge in [0.2, 0.25) is 10.0 Å². The molecule has 1 heterocycles. The van der Waals surface area contributed by atoms with Gasteiger partial charge >= 0.3 is 0 Å². The first-order valence-electron chi connectivity index (χ1n) is 8.06. The minimum atomic E-state index is -3.75.